The molecule has 0 atom stereocenters. The molecule has 78 valence electrons. The van der Waals surface area contributed by atoms with Crippen LogP contribution in [0.4, 0.5) is 5.69 Å². The van der Waals surface area contributed by atoms with E-state index in [1.165, 1.54) is 0 Å². The van der Waals surface area contributed by atoms with Gasteiger partial charge < -0.3 is 11.5 Å². The smallest absolute Gasteiger partial charge is 0.209 e. The summed E-state index contributed by atoms with van der Waals surface area (Å²) >= 11 is 0. The van der Waals surface area contributed by atoms with Crippen molar-refractivity contribution in [1.82, 2.24) is 0 Å². The zero-order valence-corrected chi connectivity index (χ0v) is 8.53. The first-order valence-corrected chi connectivity index (χ1v) is 5.01. The van der Waals surface area contributed by atoms with E-state index >= 15 is 0 Å². The zero-order chi connectivity index (χ0) is 11.3. The predicted molar refractivity (Wildman–Crippen MR) is 64.1 cm³/mol. The highest BCUT2D eigenvalue weighted by Gasteiger charge is 2.28. The van der Waals surface area contributed by atoms with Crippen LogP contribution >= 0.6 is 0 Å². The second kappa shape index (κ2) is 2.85. The van der Waals surface area contributed by atoms with Crippen molar-refractivity contribution >= 4 is 23.1 Å². The minimum absolute atomic E-state index is 0.117. The van der Waals surface area contributed by atoms with E-state index in [0.29, 0.717) is 11.3 Å². The highest BCUT2D eigenvalue weighted by Crippen LogP contribution is 2.41. The molecule has 0 aromatic heterocycles. The molecule has 0 saturated heterocycles. The molecule has 0 heterocycles. The number of allylic oxidation sites excluding steroid dienone is 4. The monoisotopic (exact) mass is 210 g/mol. The molecule has 0 saturated carbocycles. The van der Waals surface area contributed by atoms with Crippen molar-refractivity contribution in [2.75, 3.05) is 5.73 Å². The Morgan fingerprint density at radius 3 is 2.62 bits per heavy atom. The molecule has 0 unspecified atom stereocenters. The molecule has 0 aliphatic heterocycles. The number of nitrogens with two attached hydrogens (primary N) is 2. The number of hydrogen-bond donors (Lipinski definition) is 2. The second-order valence-electron chi connectivity index (χ2n) is 3.90. The number of Topliss-reactive ketones (excluding diaryl/α,β-unsaturated/α-hetero) is 1. The Balaban J connectivity index is 2.29. The van der Waals surface area contributed by atoms with Gasteiger partial charge in [-0.15, -0.1) is 0 Å². The van der Waals surface area contributed by atoms with E-state index in [-0.39, 0.29) is 11.5 Å². The van der Waals surface area contributed by atoms with Crippen LogP contribution in [-0.2, 0) is 4.79 Å². The fourth-order valence-corrected chi connectivity index (χ4v) is 2.15. The number of anilines is 1. The summed E-state index contributed by atoms with van der Waals surface area (Å²) in [7, 11) is 0. The van der Waals surface area contributed by atoms with Gasteiger partial charge in [0.05, 0.1) is 5.70 Å². The third kappa shape index (κ3) is 0.997. The topological polar surface area (TPSA) is 69.1 Å². The van der Waals surface area contributed by atoms with Crippen molar-refractivity contribution in [3.8, 4) is 0 Å². The number of benzene rings is 1. The number of carbonyl (C=O) groups is 1. The lowest BCUT2D eigenvalue weighted by atomic mass is 9.94. The lowest BCUT2D eigenvalue weighted by molar-refractivity contribution is -0.111. The van der Waals surface area contributed by atoms with Crippen molar-refractivity contribution in [2.45, 2.75) is 0 Å². The number of carbonyl (C=O) groups excluding carboxylic acids is 1. The fraction of sp³-hybridized carbons (Fsp3) is 0. The number of fused-ring (bicyclic) bond motifs is 3. The number of hydrogen-bond acceptors (Lipinski definition) is 3. The first kappa shape index (κ1) is 8.97. The van der Waals surface area contributed by atoms with Crippen molar-refractivity contribution in [3.05, 3.63) is 52.7 Å². The highest BCUT2D eigenvalue weighted by molar-refractivity contribution is 6.26. The Bertz CT molecular complexity index is 606. The molecule has 4 N–H and O–H groups in total. The molecule has 0 fully saturated rings. The molecular formula is C13H10N2O. The van der Waals surface area contributed by atoms with Crippen LogP contribution in [0.3, 0.4) is 0 Å². The third-order valence-corrected chi connectivity index (χ3v) is 2.92. The van der Waals surface area contributed by atoms with E-state index in [2.05, 4.69) is 0 Å². The van der Waals surface area contributed by atoms with Crippen molar-refractivity contribution in [1.29, 1.82) is 0 Å². The fourth-order valence-electron chi connectivity index (χ4n) is 2.15. The van der Waals surface area contributed by atoms with Crippen LogP contribution in [0, 0.1) is 0 Å². The van der Waals surface area contributed by atoms with Crippen LogP contribution in [0.5, 0.6) is 0 Å². The standard InChI is InChI=1S/C13H10N2O/c14-10-3-1-2-7-6-9-8(12(7)10)4-5-11(15)13(9)16/h1-6H,14-15H2. The lowest BCUT2D eigenvalue weighted by Gasteiger charge is -2.12. The van der Waals surface area contributed by atoms with Gasteiger partial charge in [0, 0.05) is 16.8 Å². The average molecular weight is 210 g/mol. The lowest BCUT2D eigenvalue weighted by Crippen LogP contribution is -2.16. The van der Waals surface area contributed by atoms with E-state index < -0.39 is 0 Å². The normalized spacial score (nSPS) is 17.2. The van der Waals surface area contributed by atoms with Crippen molar-refractivity contribution < 1.29 is 4.79 Å². The van der Waals surface area contributed by atoms with Gasteiger partial charge in [0.25, 0.3) is 0 Å². The molecule has 0 spiro atoms. The Kier molecular flexibility index (Phi) is 1.60. The van der Waals surface area contributed by atoms with Crippen LogP contribution in [0.25, 0.3) is 11.6 Å². The molecule has 0 bridgehead atoms. The van der Waals surface area contributed by atoms with Gasteiger partial charge in [0.15, 0.2) is 0 Å². The van der Waals surface area contributed by atoms with Gasteiger partial charge in [0.1, 0.15) is 0 Å². The molecule has 16 heavy (non-hydrogen) atoms. The number of ketones is 1. The molecule has 3 nitrogen and oxygen atoms in total. The number of rotatable bonds is 0. The Labute approximate surface area is 92.7 Å². The van der Waals surface area contributed by atoms with Crippen molar-refractivity contribution in [2.24, 2.45) is 5.73 Å². The van der Waals surface area contributed by atoms with E-state index in [9.17, 15) is 4.79 Å². The summed E-state index contributed by atoms with van der Waals surface area (Å²) in [5, 5.41) is 0. The first-order chi connectivity index (χ1) is 7.68. The van der Waals surface area contributed by atoms with Crippen LogP contribution in [0.1, 0.15) is 11.1 Å². The van der Waals surface area contributed by atoms with E-state index in [1.807, 2.05) is 30.4 Å². The maximum absolute atomic E-state index is 11.8. The predicted octanol–water partition coefficient (Wildman–Crippen LogP) is 1.47. The molecule has 0 amide bonds. The largest absolute Gasteiger partial charge is 0.398 e. The minimum atomic E-state index is -0.117. The zero-order valence-electron chi connectivity index (χ0n) is 8.53. The van der Waals surface area contributed by atoms with E-state index in [1.54, 1.807) is 6.08 Å². The summed E-state index contributed by atoms with van der Waals surface area (Å²) < 4.78 is 0. The van der Waals surface area contributed by atoms with Gasteiger partial charge in [0.2, 0.25) is 5.78 Å². The van der Waals surface area contributed by atoms with Gasteiger partial charge in [-0.3, -0.25) is 4.79 Å². The summed E-state index contributed by atoms with van der Waals surface area (Å²) in [5.41, 5.74) is 15.9. The van der Waals surface area contributed by atoms with E-state index in [0.717, 1.165) is 16.7 Å². The summed E-state index contributed by atoms with van der Waals surface area (Å²) in [6.07, 6.45) is 5.33. The summed E-state index contributed by atoms with van der Waals surface area (Å²) in [6.45, 7) is 0. The second-order valence-corrected chi connectivity index (χ2v) is 3.90. The van der Waals surface area contributed by atoms with Crippen molar-refractivity contribution in [3.63, 3.8) is 0 Å². The molecule has 1 aromatic carbocycles. The van der Waals surface area contributed by atoms with Crippen LogP contribution in [0.15, 0.2) is 41.6 Å². The van der Waals surface area contributed by atoms with Crippen LogP contribution in [0.2, 0.25) is 0 Å². The first-order valence-electron chi connectivity index (χ1n) is 5.01. The quantitative estimate of drug-likeness (QED) is 0.637. The molecule has 1 aromatic rings. The summed E-state index contributed by atoms with van der Waals surface area (Å²) in [4.78, 5) is 11.8. The van der Waals surface area contributed by atoms with Gasteiger partial charge in [-0.25, -0.2) is 0 Å². The molecule has 2 aliphatic rings. The van der Waals surface area contributed by atoms with Gasteiger partial charge in [-0.05, 0) is 29.4 Å². The molecule has 3 rings (SSSR count). The Hall–Kier alpha value is -2.29. The molecular weight excluding hydrogens is 200 g/mol. The van der Waals surface area contributed by atoms with Crippen LogP contribution < -0.4 is 11.5 Å². The van der Waals surface area contributed by atoms with Gasteiger partial charge in [-0.2, -0.15) is 0 Å². The summed E-state index contributed by atoms with van der Waals surface area (Å²) in [5.74, 6) is -0.117. The van der Waals surface area contributed by atoms with Gasteiger partial charge >= 0.3 is 0 Å². The third-order valence-electron chi connectivity index (χ3n) is 2.92. The Morgan fingerprint density at radius 2 is 1.81 bits per heavy atom. The SMILES string of the molecule is NC1=CC=C2C(=Cc3cccc(N)c32)C1=O. The van der Waals surface area contributed by atoms with Crippen LogP contribution in [-0.4, -0.2) is 5.78 Å². The van der Waals surface area contributed by atoms with E-state index in [4.69, 9.17) is 11.5 Å². The minimum Gasteiger partial charge on any atom is -0.398 e. The maximum atomic E-state index is 11.8. The molecule has 3 heteroatoms. The number of nitrogen functional groups attached to an aromatic ring is 1. The average Bonchev–Trinajstić information content (AvgIpc) is 2.64. The summed E-state index contributed by atoms with van der Waals surface area (Å²) in [6, 6.07) is 5.66. The highest BCUT2D eigenvalue weighted by atomic mass is 16.1. The Morgan fingerprint density at radius 1 is 1.00 bits per heavy atom. The molecule has 2 aliphatic carbocycles. The van der Waals surface area contributed by atoms with Gasteiger partial charge in [-0.1, -0.05) is 18.2 Å². The molecule has 0 radical (unpaired) electrons. The maximum Gasteiger partial charge on any atom is 0.209 e.